The van der Waals surface area contributed by atoms with Gasteiger partial charge in [-0.3, -0.25) is 0 Å². The van der Waals surface area contributed by atoms with E-state index >= 15 is 0 Å². The number of halogens is 1. The summed E-state index contributed by atoms with van der Waals surface area (Å²) in [5, 5.41) is 4.11. The van der Waals surface area contributed by atoms with E-state index in [1.807, 2.05) is 0 Å². The predicted octanol–water partition coefficient (Wildman–Crippen LogP) is 2.96. The average Bonchev–Trinajstić information content (AvgIpc) is 2.85. The number of methoxy groups -OCH3 is 1. The maximum Gasteiger partial charge on any atom is 0.342 e. The van der Waals surface area contributed by atoms with Gasteiger partial charge in [-0.05, 0) is 32.0 Å². The minimum Gasteiger partial charge on any atom is -0.496 e. The van der Waals surface area contributed by atoms with Crippen LogP contribution in [0.5, 0.6) is 5.75 Å². The van der Waals surface area contributed by atoms with Crippen LogP contribution >= 0.6 is 11.6 Å². The van der Waals surface area contributed by atoms with Crippen LogP contribution in [0.1, 0.15) is 35.1 Å². The summed E-state index contributed by atoms with van der Waals surface area (Å²) in [6.45, 7) is 3.33. The number of esters is 1. The highest BCUT2D eigenvalue weighted by Gasteiger charge is 2.21. The summed E-state index contributed by atoms with van der Waals surface area (Å²) in [4.78, 5) is 16.1. The van der Waals surface area contributed by atoms with Crippen molar-refractivity contribution in [2.24, 2.45) is 0 Å². The van der Waals surface area contributed by atoms with Crippen molar-refractivity contribution in [3.8, 4) is 5.75 Å². The van der Waals surface area contributed by atoms with Crippen LogP contribution < -0.4 is 4.74 Å². The van der Waals surface area contributed by atoms with E-state index in [-0.39, 0.29) is 11.5 Å². The van der Waals surface area contributed by atoms with Crippen molar-refractivity contribution >= 4 is 17.6 Å². The van der Waals surface area contributed by atoms with Gasteiger partial charge in [-0.1, -0.05) is 16.8 Å². The van der Waals surface area contributed by atoms with E-state index in [4.69, 9.17) is 25.6 Å². The molecule has 0 fully saturated rings. The van der Waals surface area contributed by atoms with Gasteiger partial charge in [0.05, 0.1) is 7.11 Å². The molecule has 0 radical (unpaired) electrons. The smallest absolute Gasteiger partial charge is 0.342 e. The van der Waals surface area contributed by atoms with Crippen molar-refractivity contribution in [1.82, 2.24) is 10.1 Å². The minimum absolute atomic E-state index is 0.240. The monoisotopic (exact) mass is 296 g/mol. The standard InChI is InChI=1S/C13H13ClN2O4/c1-7(12-15-8(2)16-20-12)19-13(17)10-5-4-9(14)6-11(10)18-3/h4-7H,1-3H3. The van der Waals surface area contributed by atoms with Gasteiger partial charge >= 0.3 is 5.97 Å². The molecule has 0 aliphatic carbocycles. The van der Waals surface area contributed by atoms with Crippen molar-refractivity contribution < 1.29 is 18.8 Å². The first-order chi connectivity index (χ1) is 9.51. The van der Waals surface area contributed by atoms with Gasteiger partial charge in [0.1, 0.15) is 11.3 Å². The summed E-state index contributed by atoms with van der Waals surface area (Å²) in [7, 11) is 1.45. The summed E-state index contributed by atoms with van der Waals surface area (Å²) in [6, 6.07) is 4.66. The second kappa shape index (κ2) is 5.92. The fourth-order valence-corrected chi connectivity index (χ4v) is 1.75. The third-order valence-corrected chi connectivity index (χ3v) is 2.79. The van der Waals surface area contributed by atoms with Crippen molar-refractivity contribution in [2.75, 3.05) is 7.11 Å². The van der Waals surface area contributed by atoms with Crippen molar-refractivity contribution in [2.45, 2.75) is 20.0 Å². The van der Waals surface area contributed by atoms with Crippen LogP contribution in [-0.2, 0) is 4.74 Å². The fraction of sp³-hybridized carbons (Fsp3) is 0.308. The van der Waals surface area contributed by atoms with E-state index in [9.17, 15) is 4.79 Å². The number of aromatic nitrogens is 2. The maximum absolute atomic E-state index is 12.1. The van der Waals surface area contributed by atoms with Crippen LogP contribution in [0.2, 0.25) is 5.02 Å². The number of carbonyl (C=O) groups excluding carboxylic acids is 1. The lowest BCUT2D eigenvalue weighted by Crippen LogP contribution is -2.10. The SMILES string of the molecule is COc1cc(Cl)ccc1C(=O)OC(C)c1nc(C)no1. The molecule has 0 spiro atoms. The molecule has 0 aliphatic rings. The molecular formula is C13H13ClN2O4. The Labute approximate surface area is 120 Å². The Bertz CT molecular complexity index is 627. The predicted molar refractivity (Wildman–Crippen MR) is 70.9 cm³/mol. The van der Waals surface area contributed by atoms with Crippen LogP contribution in [0.25, 0.3) is 0 Å². The van der Waals surface area contributed by atoms with E-state index in [0.717, 1.165) is 0 Å². The first-order valence-electron chi connectivity index (χ1n) is 5.86. The highest BCUT2D eigenvalue weighted by molar-refractivity contribution is 6.30. The molecule has 1 unspecified atom stereocenters. The Balaban J connectivity index is 2.16. The lowest BCUT2D eigenvalue weighted by Gasteiger charge is -2.11. The molecule has 0 aliphatic heterocycles. The zero-order valence-electron chi connectivity index (χ0n) is 11.2. The largest absolute Gasteiger partial charge is 0.496 e. The molecule has 0 saturated heterocycles. The number of aryl methyl sites for hydroxylation is 1. The van der Waals surface area contributed by atoms with Gasteiger partial charge in [-0.25, -0.2) is 4.79 Å². The molecular weight excluding hydrogens is 284 g/mol. The van der Waals surface area contributed by atoms with Crippen LogP contribution in [0.3, 0.4) is 0 Å². The number of ether oxygens (including phenoxy) is 2. The van der Waals surface area contributed by atoms with Gasteiger partial charge in [-0.15, -0.1) is 0 Å². The summed E-state index contributed by atoms with van der Waals surface area (Å²) in [5.74, 6) is 0.508. The molecule has 1 aromatic heterocycles. The summed E-state index contributed by atoms with van der Waals surface area (Å²) in [6.07, 6.45) is -0.649. The molecule has 0 saturated carbocycles. The van der Waals surface area contributed by atoms with Gasteiger partial charge < -0.3 is 14.0 Å². The zero-order valence-corrected chi connectivity index (χ0v) is 12.0. The van der Waals surface area contributed by atoms with E-state index < -0.39 is 12.1 Å². The molecule has 20 heavy (non-hydrogen) atoms. The number of hydrogen-bond donors (Lipinski definition) is 0. The molecule has 106 valence electrons. The summed E-state index contributed by atoms with van der Waals surface area (Å²) < 4.78 is 15.3. The molecule has 1 atom stereocenters. The average molecular weight is 297 g/mol. The number of carbonyl (C=O) groups is 1. The quantitative estimate of drug-likeness (QED) is 0.808. The zero-order chi connectivity index (χ0) is 14.7. The lowest BCUT2D eigenvalue weighted by molar-refractivity contribution is 0.0262. The van der Waals surface area contributed by atoms with E-state index in [1.54, 1.807) is 26.0 Å². The molecule has 0 N–H and O–H groups in total. The molecule has 0 amide bonds. The Morgan fingerprint density at radius 1 is 1.45 bits per heavy atom. The summed E-state index contributed by atoms with van der Waals surface area (Å²) in [5.41, 5.74) is 0.278. The molecule has 7 heteroatoms. The highest BCUT2D eigenvalue weighted by atomic mass is 35.5. The topological polar surface area (TPSA) is 74.5 Å². The Kier molecular flexibility index (Phi) is 4.24. The normalized spacial score (nSPS) is 12.0. The molecule has 1 aromatic carbocycles. The van der Waals surface area contributed by atoms with Crippen LogP contribution in [-0.4, -0.2) is 23.2 Å². The van der Waals surface area contributed by atoms with Crippen molar-refractivity contribution in [1.29, 1.82) is 0 Å². The third kappa shape index (κ3) is 3.08. The first kappa shape index (κ1) is 14.3. The van der Waals surface area contributed by atoms with E-state index in [1.165, 1.54) is 13.2 Å². The third-order valence-electron chi connectivity index (χ3n) is 2.56. The van der Waals surface area contributed by atoms with Crippen LogP contribution in [0.15, 0.2) is 22.7 Å². The number of benzene rings is 1. The molecule has 6 nitrogen and oxygen atoms in total. The lowest BCUT2D eigenvalue weighted by atomic mass is 10.2. The summed E-state index contributed by atoms with van der Waals surface area (Å²) >= 11 is 5.84. The molecule has 2 aromatic rings. The van der Waals surface area contributed by atoms with Gasteiger partial charge in [-0.2, -0.15) is 4.98 Å². The fourth-order valence-electron chi connectivity index (χ4n) is 1.59. The van der Waals surface area contributed by atoms with Gasteiger partial charge in [0.25, 0.3) is 5.89 Å². The highest BCUT2D eigenvalue weighted by Crippen LogP contribution is 2.25. The molecule has 0 bridgehead atoms. The minimum atomic E-state index is -0.649. The van der Waals surface area contributed by atoms with Crippen molar-refractivity contribution in [3.05, 3.63) is 40.5 Å². The molecule has 2 rings (SSSR count). The van der Waals surface area contributed by atoms with E-state index in [2.05, 4.69) is 10.1 Å². The first-order valence-corrected chi connectivity index (χ1v) is 6.23. The second-order valence-electron chi connectivity index (χ2n) is 4.07. The van der Waals surface area contributed by atoms with Crippen molar-refractivity contribution in [3.63, 3.8) is 0 Å². The van der Waals surface area contributed by atoms with Gasteiger partial charge in [0.2, 0.25) is 0 Å². The van der Waals surface area contributed by atoms with Gasteiger partial charge in [0, 0.05) is 5.02 Å². The van der Waals surface area contributed by atoms with E-state index in [0.29, 0.717) is 16.6 Å². The molecule has 1 heterocycles. The Morgan fingerprint density at radius 3 is 2.80 bits per heavy atom. The number of rotatable bonds is 4. The maximum atomic E-state index is 12.1. The number of hydrogen-bond acceptors (Lipinski definition) is 6. The Hall–Kier alpha value is -2.08. The van der Waals surface area contributed by atoms with Crippen LogP contribution in [0.4, 0.5) is 0 Å². The van der Waals surface area contributed by atoms with Crippen LogP contribution in [0, 0.1) is 6.92 Å². The Morgan fingerprint density at radius 2 is 2.20 bits per heavy atom. The van der Waals surface area contributed by atoms with Gasteiger partial charge in [0.15, 0.2) is 11.9 Å². The second-order valence-corrected chi connectivity index (χ2v) is 4.51. The number of nitrogens with zero attached hydrogens (tertiary/aromatic N) is 2.